The molecule has 1 aromatic carbocycles. The third-order valence-electron chi connectivity index (χ3n) is 3.80. The van der Waals surface area contributed by atoms with Crippen LogP contribution in [0, 0.1) is 0 Å². The molecule has 0 unspecified atom stereocenters. The molecule has 0 spiro atoms. The zero-order chi connectivity index (χ0) is 16.4. The summed E-state index contributed by atoms with van der Waals surface area (Å²) in [4.78, 5) is 2.33. The van der Waals surface area contributed by atoms with E-state index in [2.05, 4.69) is 20.8 Å². The quantitative estimate of drug-likeness (QED) is 0.764. The van der Waals surface area contributed by atoms with E-state index in [1.807, 2.05) is 12.1 Å². The maximum atomic E-state index is 12.7. The Bertz CT molecular complexity index is 772. The summed E-state index contributed by atoms with van der Waals surface area (Å²) in [5, 5.41) is 0.234. The highest BCUT2D eigenvalue weighted by molar-refractivity contribution is 9.10. The second kappa shape index (κ2) is 6.94. The summed E-state index contributed by atoms with van der Waals surface area (Å²) >= 11 is 9.38. The number of hydrogen-bond acceptors (Lipinski definition) is 4. The molecule has 124 valence electrons. The van der Waals surface area contributed by atoms with E-state index in [9.17, 15) is 8.42 Å². The molecule has 1 fully saturated rings. The topological polar surface area (TPSA) is 53.8 Å². The molecule has 1 saturated heterocycles. The van der Waals surface area contributed by atoms with E-state index >= 15 is 0 Å². The van der Waals surface area contributed by atoms with Crippen LogP contribution in [0.15, 0.2) is 50.4 Å². The molecule has 0 radical (unpaired) electrons. The first-order valence-electron chi connectivity index (χ1n) is 7.17. The minimum atomic E-state index is -3.56. The molecule has 2 heterocycles. The van der Waals surface area contributed by atoms with E-state index in [0.29, 0.717) is 32.7 Å². The molecule has 5 nitrogen and oxygen atoms in total. The van der Waals surface area contributed by atoms with Gasteiger partial charge >= 0.3 is 0 Å². The van der Waals surface area contributed by atoms with Crippen LogP contribution in [0.25, 0.3) is 0 Å². The highest BCUT2D eigenvalue weighted by Gasteiger charge is 2.30. The van der Waals surface area contributed by atoms with Gasteiger partial charge in [-0.3, -0.25) is 4.90 Å². The van der Waals surface area contributed by atoms with Gasteiger partial charge in [-0.05, 0) is 30.3 Å². The van der Waals surface area contributed by atoms with Gasteiger partial charge in [0, 0.05) is 30.7 Å². The highest BCUT2D eigenvalue weighted by atomic mass is 79.9. The number of sulfonamides is 1. The summed E-state index contributed by atoms with van der Waals surface area (Å²) in [5.41, 5.74) is 0. The Morgan fingerprint density at radius 3 is 2.52 bits per heavy atom. The number of halogens is 2. The molecule has 0 aliphatic carbocycles. The Balaban J connectivity index is 1.68. The van der Waals surface area contributed by atoms with Gasteiger partial charge in [-0.15, -0.1) is 0 Å². The van der Waals surface area contributed by atoms with Crippen molar-refractivity contribution in [1.29, 1.82) is 0 Å². The van der Waals surface area contributed by atoms with Gasteiger partial charge in [-0.25, -0.2) is 8.42 Å². The second-order valence-corrected chi connectivity index (χ2v) is 8.56. The third kappa shape index (κ3) is 3.80. The summed E-state index contributed by atoms with van der Waals surface area (Å²) in [7, 11) is -3.56. The van der Waals surface area contributed by atoms with Gasteiger partial charge in [0.25, 0.3) is 0 Å². The molecule has 3 rings (SSSR count). The van der Waals surface area contributed by atoms with E-state index in [0.717, 1.165) is 10.2 Å². The summed E-state index contributed by atoms with van der Waals surface area (Å²) in [6.07, 6.45) is 1.64. The van der Waals surface area contributed by atoms with Gasteiger partial charge in [0.2, 0.25) is 10.0 Å². The number of piperazine rings is 1. The van der Waals surface area contributed by atoms with Crippen molar-refractivity contribution in [3.05, 3.63) is 51.9 Å². The highest BCUT2D eigenvalue weighted by Crippen LogP contribution is 2.28. The van der Waals surface area contributed by atoms with Gasteiger partial charge < -0.3 is 4.42 Å². The van der Waals surface area contributed by atoms with E-state index in [4.69, 9.17) is 16.0 Å². The average Bonchev–Trinajstić information content (AvgIpc) is 3.00. The maximum Gasteiger partial charge on any atom is 0.244 e. The predicted octanol–water partition coefficient (Wildman–Crippen LogP) is 3.20. The molecule has 2 aromatic rings. The lowest BCUT2D eigenvalue weighted by Gasteiger charge is -2.33. The lowest BCUT2D eigenvalue weighted by molar-refractivity contribution is 0.171. The van der Waals surface area contributed by atoms with E-state index in [1.165, 1.54) is 10.4 Å². The zero-order valence-corrected chi connectivity index (χ0v) is 15.4. The largest absolute Gasteiger partial charge is 0.468 e. The first kappa shape index (κ1) is 17.0. The van der Waals surface area contributed by atoms with E-state index < -0.39 is 10.0 Å². The Hall–Kier alpha value is -0.860. The zero-order valence-electron chi connectivity index (χ0n) is 12.3. The molecular weight excluding hydrogens is 404 g/mol. The van der Waals surface area contributed by atoms with Crippen molar-refractivity contribution in [3.8, 4) is 0 Å². The Morgan fingerprint density at radius 2 is 1.91 bits per heavy atom. The van der Waals surface area contributed by atoms with Gasteiger partial charge in [-0.2, -0.15) is 4.31 Å². The summed E-state index contributed by atoms with van der Waals surface area (Å²) in [6, 6.07) is 8.60. The SMILES string of the molecule is O=S(=O)(c1ccc(Br)cc1Cl)N1CCN(Cc2ccco2)CC1. The van der Waals surface area contributed by atoms with E-state index in [1.54, 1.807) is 18.4 Å². The minimum absolute atomic E-state index is 0.154. The molecule has 0 saturated carbocycles. The van der Waals surface area contributed by atoms with Crippen molar-refractivity contribution in [2.45, 2.75) is 11.4 Å². The molecule has 1 aromatic heterocycles. The van der Waals surface area contributed by atoms with Crippen LogP contribution < -0.4 is 0 Å². The Kier molecular flexibility index (Phi) is 5.13. The normalized spacial score (nSPS) is 17.5. The van der Waals surface area contributed by atoms with Crippen molar-refractivity contribution < 1.29 is 12.8 Å². The molecule has 8 heteroatoms. The van der Waals surface area contributed by atoms with Crippen LogP contribution in [0.5, 0.6) is 0 Å². The van der Waals surface area contributed by atoms with Crippen LogP contribution in [0.1, 0.15) is 5.76 Å². The number of rotatable bonds is 4. The van der Waals surface area contributed by atoms with Crippen molar-refractivity contribution in [1.82, 2.24) is 9.21 Å². The molecule has 0 amide bonds. The summed E-state index contributed by atoms with van der Waals surface area (Å²) in [6.45, 7) is 2.90. The first-order valence-corrected chi connectivity index (χ1v) is 9.78. The molecule has 1 aliphatic rings. The fourth-order valence-corrected chi connectivity index (χ4v) is 5.01. The molecular formula is C15H16BrClN2O3S. The number of benzene rings is 1. The number of nitrogens with zero attached hydrogens (tertiary/aromatic N) is 2. The lowest BCUT2D eigenvalue weighted by Crippen LogP contribution is -2.48. The van der Waals surface area contributed by atoms with Gasteiger partial charge in [0.05, 0.1) is 17.8 Å². The molecule has 23 heavy (non-hydrogen) atoms. The Morgan fingerprint density at radius 1 is 1.17 bits per heavy atom. The van der Waals surface area contributed by atoms with Crippen molar-refractivity contribution >= 4 is 37.6 Å². The molecule has 0 bridgehead atoms. The van der Waals surface area contributed by atoms with Crippen molar-refractivity contribution in [2.24, 2.45) is 0 Å². The van der Waals surface area contributed by atoms with Crippen LogP contribution in [0.3, 0.4) is 0 Å². The van der Waals surface area contributed by atoms with Crippen LogP contribution in [0.4, 0.5) is 0 Å². The summed E-state index contributed by atoms with van der Waals surface area (Å²) in [5.74, 6) is 0.886. The van der Waals surface area contributed by atoms with Crippen LogP contribution in [-0.4, -0.2) is 43.8 Å². The fraction of sp³-hybridized carbons (Fsp3) is 0.333. The Labute approximate surface area is 149 Å². The molecule has 1 aliphatic heterocycles. The van der Waals surface area contributed by atoms with Crippen LogP contribution in [-0.2, 0) is 16.6 Å². The number of hydrogen-bond donors (Lipinski definition) is 0. The standard InChI is InChI=1S/C15H16BrClN2O3S/c16-12-3-4-15(14(17)10-12)23(20,21)19-7-5-18(6-8-19)11-13-2-1-9-22-13/h1-4,9-10H,5-8,11H2. The number of furan rings is 1. The van der Waals surface area contributed by atoms with Crippen LogP contribution in [0.2, 0.25) is 5.02 Å². The van der Waals surface area contributed by atoms with Crippen molar-refractivity contribution in [3.63, 3.8) is 0 Å². The van der Waals surface area contributed by atoms with Gasteiger partial charge in [0.1, 0.15) is 10.7 Å². The second-order valence-electron chi connectivity index (χ2n) is 5.33. The maximum absolute atomic E-state index is 12.7. The van der Waals surface area contributed by atoms with Gasteiger partial charge in [0.15, 0.2) is 0 Å². The predicted molar refractivity (Wildman–Crippen MR) is 91.9 cm³/mol. The molecule has 0 N–H and O–H groups in total. The average molecular weight is 420 g/mol. The first-order chi connectivity index (χ1) is 11.0. The minimum Gasteiger partial charge on any atom is -0.468 e. The summed E-state index contributed by atoms with van der Waals surface area (Å²) < 4.78 is 33.0. The fourth-order valence-electron chi connectivity index (χ4n) is 2.57. The molecule has 0 atom stereocenters. The smallest absolute Gasteiger partial charge is 0.244 e. The van der Waals surface area contributed by atoms with E-state index in [-0.39, 0.29) is 9.92 Å². The lowest BCUT2D eigenvalue weighted by atomic mass is 10.3. The van der Waals surface area contributed by atoms with Crippen LogP contribution >= 0.6 is 27.5 Å². The third-order valence-corrected chi connectivity index (χ3v) is 6.68. The monoisotopic (exact) mass is 418 g/mol. The van der Waals surface area contributed by atoms with Crippen molar-refractivity contribution in [2.75, 3.05) is 26.2 Å². The van der Waals surface area contributed by atoms with Gasteiger partial charge in [-0.1, -0.05) is 27.5 Å².